The molecule has 0 saturated heterocycles. The number of hydrogen-bond donors (Lipinski definition) is 2. The molecule has 0 aliphatic heterocycles. The summed E-state index contributed by atoms with van der Waals surface area (Å²) in [5.74, 6) is -0.326. The molecule has 0 bridgehead atoms. The largest absolute Gasteiger partial charge is 0.354 e. The number of nitrogens with one attached hydrogen (secondary N) is 2. The summed E-state index contributed by atoms with van der Waals surface area (Å²) in [7, 11) is 0. The van der Waals surface area contributed by atoms with Crippen LogP contribution in [-0.2, 0) is 6.42 Å². The normalized spacial score (nSPS) is 10.6. The van der Waals surface area contributed by atoms with Gasteiger partial charge >= 0.3 is 0 Å². The van der Waals surface area contributed by atoms with Crippen LogP contribution in [0.15, 0.2) is 48.7 Å². The molecule has 0 spiro atoms. The maximum absolute atomic E-state index is 13.7. The van der Waals surface area contributed by atoms with Gasteiger partial charge in [-0.2, -0.15) is 0 Å². The van der Waals surface area contributed by atoms with Crippen molar-refractivity contribution in [1.82, 2.24) is 9.97 Å². The average molecular weight is 399 g/mol. The number of halogens is 2. The van der Waals surface area contributed by atoms with Gasteiger partial charge in [-0.05, 0) is 55.2 Å². The van der Waals surface area contributed by atoms with Gasteiger partial charge in [0.25, 0.3) is 5.91 Å². The lowest BCUT2D eigenvalue weighted by atomic mass is 10.1. The molecule has 2 aromatic carbocycles. The van der Waals surface area contributed by atoms with Crippen LogP contribution in [0.25, 0.3) is 0 Å². The molecule has 0 unspecified atom stereocenters. The molecular formula is C21H20ClFN4O. The Morgan fingerprint density at radius 3 is 2.71 bits per heavy atom. The number of nitrogens with zero attached hydrogens (tertiary/aromatic N) is 2. The summed E-state index contributed by atoms with van der Waals surface area (Å²) >= 11 is 6.25. The summed E-state index contributed by atoms with van der Waals surface area (Å²) in [6.45, 7) is 4.26. The molecule has 28 heavy (non-hydrogen) atoms. The topological polar surface area (TPSA) is 66.9 Å². The van der Waals surface area contributed by atoms with Crippen LogP contribution in [0, 0.1) is 19.7 Å². The number of aromatic nitrogens is 2. The highest BCUT2D eigenvalue weighted by atomic mass is 35.5. The predicted octanol–water partition coefficient (Wildman–Crippen LogP) is 4.79. The first-order valence-corrected chi connectivity index (χ1v) is 9.20. The van der Waals surface area contributed by atoms with Crippen molar-refractivity contribution in [3.8, 4) is 0 Å². The van der Waals surface area contributed by atoms with Crippen LogP contribution >= 0.6 is 11.6 Å². The predicted molar refractivity (Wildman–Crippen MR) is 110 cm³/mol. The van der Waals surface area contributed by atoms with E-state index in [1.165, 1.54) is 18.3 Å². The molecule has 1 heterocycles. The Labute approximate surface area is 168 Å². The van der Waals surface area contributed by atoms with Crippen LogP contribution in [0.4, 0.5) is 16.0 Å². The first-order chi connectivity index (χ1) is 13.4. The summed E-state index contributed by atoms with van der Waals surface area (Å²) in [5, 5.41) is 6.29. The fraction of sp³-hybridized carbons (Fsp3) is 0.190. The van der Waals surface area contributed by atoms with Gasteiger partial charge in [-0.15, -0.1) is 0 Å². The minimum absolute atomic E-state index is 0.208. The molecule has 5 nitrogen and oxygen atoms in total. The number of carbonyl (C=O) groups excluding carboxylic acids is 1. The quantitative estimate of drug-likeness (QED) is 0.626. The lowest BCUT2D eigenvalue weighted by Gasteiger charge is -2.12. The Bertz CT molecular complexity index is 986. The van der Waals surface area contributed by atoms with E-state index in [1.54, 1.807) is 24.3 Å². The van der Waals surface area contributed by atoms with Crippen LogP contribution < -0.4 is 10.6 Å². The van der Waals surface area contributed by atoms with E-state index in [2.05, 4.69) is 20.6 Å². The zero-order chi connectivity index (χ0) is 20.1. The standard InChI is InChI=1S/C21H20ClFN4O/c1-13-11-14(2)19(16(22)12-13)27-20(28)18-8-10-25-21(26-18)24-9-7-15-5-3-4-6-17(15)23/h3-6,8,10-12H,7,9H2,1-2H3,(H,27,28)(H,24,25,26). The second-order valence-corrected chi connectivity index (χ2v) is 6.83. The van der Waals surface area contributed by atoms with Crippen molar-refractivity contribution < 1.29 is 9.18 Å². The fourth-order valence-electron chi connectivity index (χ4n) is 2.83. The van der Waals surface area contributed by atoms with Gasteiger partial charge in [0.15, 0.2) is 0 Å². The van der Waals surface area contributed by atoms with E-state index in [9.17, 15) is 9.18 Å². The Morgan fingerprint density at radius 2 is 1.96 bits per heavy atom. The van der Waals surface area contributed by atoms with E-state index >= 15 is 0 Å². The van der Waals surface area contributed by atoms with E-state index in [1.807, 2.05) is 19.9 Å². The van der Waals surface area contributed by atoms with E-state index in [0.29, 0.717) is 35.2 Å². The summed E-state index contributed by atoms with van der Waals surface area (Å²) in [6.07, 6.45) is 1.97. The number of carbonyl (C=O) groups is 1. The Hall–Kier alpha value is -2.99. The van der Waals surface area contributed by atoms with Gasteiger partial charge in [-0.3, -0.25) is 4.79 Å². The van der Waals surface area contributed by atoms with Gasteiger partial charge in [0.05, 0.1) is 10.7 Å². The molecule has 2 N–H and O–H groups in total. The zero-order valence-electron chi connectivity index (χ0n) is 15.6. The molecule has 0 fully saturated rings. The summed E-state index contributed by atoms with van der Waals surface area (Å²) < 4.78 is 13.7. The number of rotatable bonds is 6. The first-order valence-electron chi connectivity index (χ1n) is 8.82. The van der Waals surface area contributed by atoms with E-state index in [-0.39, 0.29) is 17.4 Å². The second-order valence-electron chi connectivity index (χ2n) is 6.43. The molecule has 1 amide bonds. The highest BCUT2D eigenvalue weighted by molar-refractivity contribution is 6.34. The third-order valence-electron chi connectivity index (χ3n) is 4.19. The number of amides is 1. The van der Waals surface area contributed by atoms with Gasteiger partial charge in [0.1, 0.15) is 11.5 Å². The van der Waals surface area contributed by atoms with E-state index < -0.39 is 0 Å². The summed E-state index contributed by atoms with van der Waals surface area (Å²) in [4.78, 5) is 20.9. The Balaban J connectivity index is 1.66. The fourth-order valence-corrected chi connectivity index (χ4v) is 3.20. The van der Waals surface area contributed by atoms with Crippen LogP contribution in [0.5, 0.6) is 0 Å². The molecule has 3 rings (SSSR count). The average Bonchev–Trinajstić information content (AvgIpc) is 2.66. The number of hydrogen-bond acceptors (Lipinski definition) is 4. The minimum Gasteiger partial charge on any atom is -0.354 e. The molecule has 1 aromatic heterocycles. The van der Waals surface area contributed by atoms with Gasteiger partial charge in [-0.25, -0.2) is 14.4 Å². The molecule has 0 saturated carbocycles. The maximum Gasteiger partial charge on any atom is 0.274 e. The number of benzene rings is 2. The zero-order valence-corrected chi connectivity index (χ0v) is 16.3. The second kappa shape index (κ2) is 8.80. The summed E-state index contributed by atoms with van der Waals surface area (Å²) in [5.41, 5.74) is 3.26. The van der Waals surface area contributed by atoms with Gasteiger partial charge < -0.3 is 10.6 Å². The molecule has 0 aliphatic rings. The number of anilines is 2. The summed E-state index contributed by atoms with van der Waals surface area (Å²) in [6, 6.07) is 11.9. The van der Waals surface area contributed by atoms with Crippen molar-refractivity contribution in [2.45, 2.75) is 20.3 Å². The van der Waals surface area contributed by atoms with Gasteiger partial charge in [-0.1, -0.05) is 35.9 Å². The van der Waals surface area contributed by atoms with Crippen molar-refractivity contribution in [2.24, 2.45) is 0 Å². The third kappa shape index (κ3) is 4.84. The SMILES string of the molecule is Cc1cc(C)c(NC(=O)c2ccnc(NCCc3ccccc3F)n2)c(Cl)c1. The minimum atomic E-state index is -0.381. The molecule has 3 aromatic rings. The molecule has 7 heteroatoms. The van der Waals surface area contributed by atoms with Crippen molar-refractivity contribution >= 4 is 29.1 Å². The lowest BCUT2D eigenvalue weighted by molar-refractivity contribution is 0.102. The van der Waals surface area contributed by atoms with Crippen LogP contribution in [0.2, 0.25) is 5.02 Å². The highest BCUT2D eigenvalue weighted by Gasteiger charge is 2.13. The van der Waals surface area contributed by atoms with Gasteiger partial charge in [0.2, 0.25) is 5.95 Å². The Morgan fingerprint density at radius 1 is 1.18 bits per heavy atom. The van der Waals surface area contributed by atoms with E-state index in [0.717, 1.165) is 11.1 Å². The monoisotopic (exact) mass is 398 g/mol. The lowest BCUT2D eigenvalue weighted by Crippen LogP contribution is -2.17. The number of aryl methyl sites for hydroxylation is 2. The van der Waals surface area contributed by atoms with Crippen molar-refractivity contribution in [3.05, 3.63) is 81.9 Å². The van der Waals surface area contributed by atoms with Crippen molar-refractivity contribution in [3.63, 3.8) is 0 Å². The molecule has 0 aliphatic carbocycles. The first kappa shape index (κ1) is 19.8. The Kier molecular flexibility index (Phi) is 6.21. The molecule has 144 valence electrons. The van der Waals surface area contributed by atoms with Crippen LogP contribution in [0.1, 0.15) is 27.2 Å². The van der Waals surface area contributed by atoms with Crippen molar-refractivity contribution in [1.29, 1.82) is 0 Å². The third-order valence-corrected chi connectivity index (χ3v) is 4.49. The van der Waals surface area contributed by atoms with Crippen LogP contribution in [-0.4, -0.2) is 22.4 Å². The molecular weight excluding hydrogens is 379 g/mol. The smallest absolute Gasteiger partial charge is 0.274 e. The molecule has 0 radical (unpaired) electrons. The maximum atomic E-state index is 13.7. The highest BCUT2D eigenvalue weighted by Crippen LogP contribution is 2.27. The van der Waals surface area contributed by atoms with Crippen molar-refractivity contribution in [2.75, 3.05) is 17.2 Å². The van der Waals surface area contributed by atoms with Gasteiger partial charge in [0, 0.05) is 12.7 Å². The molecule has 0 atom stereocenters. The van der Waals surface area contributed by atoms with E-state index in [4.69, 9.17) is 11.6 Å². The van der Waals surface area contributed by atoms with Crippen LogP contribution in [0.3, 0.4) is 0 Å².